The van der Waals surface area contributed by atoms with E-state index in [1.807, 2.05) is 62.6 Å². The molecule has 0 unspecified atom stereocenters. The summed E-state index contributed by atoms with van der Waals surface area (Å²) in [5.74, 6) is 0. The zero-order chi connectivity index (χ0) is 25.5. The van der Waals surface area contributed by atoms with Crippen LogP contribution in [0.4, 0.5) is 5.69 Å². The van der Waals surface area contributed by atoms with Crippen LogP contribution in [-0.2, 0) is 0 Å². The van der Waals surface area contributed by atoms with Crippen LogP contribution in [0.2, 0.25) is 10.0 Å². The van der Waals surface area contributed by atoms with Gasteiger partial charge in [0, 0.05) is 36.9 Å². The van der Waals surface area contributed by atoms with Crippen LogP contribution in [0.1, 0.15) is 16.7 Å². The summed E-state index contributed by atoms with van der Waals surface area (Å²) in [5.41, 5.74) is 8.76. The number of hydrogen-bond acceptors (Lipinski definition) is 2. The second kappa shape index (κ2) is 11.9. The number of halogens is 2. The van der Waals surface area contributed by atoms with Crippen molar-refractivity contribution in [2.45, 2.75) is 0 Å². The first kappa shape index (κ1) is 25.5. The minimum Gasteiger partial charge on any atom is -0.378 e. The molecular weight excluding hydrogens is 483 g/mol. The van der Waals surface area contributed by atoms with Gasteiger partial charge in [-0.3, -0.25) is 4.99 Å². The molecule has 36 heavy (non-hydrogen) atoms. The lowest BCUT2D eigenvalue weighted by molar-refractivity contribution is 1.13. The maximum atomic E-state index is 6.17. The fraction of sp³-hybridized carbons (Fsp3) is 0.0938. The smallest absolute Gasteiger partial charge is 0.0571 e. The standard InChI is InChI=1S/C32H28Cl2N2/c1-35-29-19-11-25(12-20-29)31(23-7-15-27(33)16-8-23)5-4-6-32(24-9-17-28(34)18-10-24)26-13-21-30(22-14-26)36(2)3/h4-22H,1-3H3. The summed E-state index contributed by atoms with van der Waals surface area (Å²) in [5, 5.41) is 1.44. The molecular formula is C32H28Cl2N2. The predicted octanol–water partition coefficient (Wildman–Crippen LogP) is 8.70. The highest BCUT2D eigenvalue weighted by Crippen LogP contribution is 2.29. The van der Waals surface area contributed by atoms with Gasteiger partial charge in [0.25, 0.3) is 0 Å². The SMILES string of the molecule is CN=C1C=CC(=C(C=CC=C(c2ccc(Cl)cc2)c2ccc(N(C)C)cc2)c2ccc(Cl)cc2)C=C1. The van der Waals surface area contributed by atoms with Crippen molar-refractivity contribution in [3.8, 4) is 0 Å². The van der Waals surface area contributed by atoms with E-state index in [0.29, 0.717) is 5.02 Å². The first-order valence-corrected chi connectivity index (χ1v) is 12.5. The molecule has 0 N–H and O–H groups in total. The molecule has 4 rings (SSSR count). The highest BCUT2D eigenvalue weighted by molar-refractivity contribution is 6.30. The summed E-state index contributed by atoms with van der Waals surface area (Å²) in [6.07, 6.45) is 14.7. The Balaban J connectivity index is 1.78. The van der Waals surface area contributed by atoms with Gasteiger partial charge in [-0.2, -0.15) is 0 Å². The van der Waals surface area contributed by atoms with Gasteiger partial charge in [0.05, 0.1) is 5.71 Å². The molecule has 2 nitrogen and oxygen atoms in total. The topological polar surface area (TPSA) is 15.6 Å². The Morgan fingerprint density at radius 1 is 0.694 bits per heavy atom. The molecule has 4 heteroatoms. The van der Waals surface area contributed by atoms with Gasteiger partial charge in [0.1, 0.15) is 0 Å². The normalized spacial score (nSPS) is 13.4. The summed E-state index contributed by atoms with van der Waals surface area (Å²) in [7, 11) is 5.89. The fourth-order valence-corrected chi connectivity index (χ4v) is 4.20. The lowest BCUT2D eigenvalue weighted by atomic mass is 9.94. The molecule has 0 bridgehead atoms. The van der Waals surface area contributed by atoms with Crippen LogP contribution in [0, 0.1) is 0 Å². The van der Waals surface area contributed by atoms with Crippen molar-refractivity contribution in [1.29, 1.82) is 0 Å². The van der Waals surface area contributed by atoms with Crippen LogP contribution < -0.4 is 4.90 Å². The lowest BCUT2D eigenvalue weighted by Gasteiger charge is -2.14. The average molecular weight is 511 g/mol. The van der Waals surface area contributed by atoms with Gasteiger partial charge in [-0.05, 0) is 82.0 Å². The second-order valence-electron chi connectivity index (χ2n) is 8.58. The van der Waals surface area contributed by atoms with Crippen LogP contribution in [0.3, 0.4) is 0 Å². The minimum atomic E-state index is 0.716. The first-order valence-electron chi connectivity index (χ1n) is 11.7. The van der Waals surface area contributed by atoms with Crippen molar-refractivity contribution in [1.82, 2.24) is 0 Å². The van der Waals surface area contributed by atoms with Crippen molar-refractivity contribution >= 4 is 45.7 Å². The summed E-state index contributed by atoms with van der Waals surface area (Å²) < 4.78 is 0. The van der Waals surface area contributed by atoms with Gasteiger partial charge in [-0.1, -0.05) is 90.0 Å². The lowest BCUT2D eigenvalue weighted by Crippen LogP contribution is -2.08. The van der Waals surface area contributed by atoms with Crippen molar-refractivity contribution < 1.29 is 0 Å². The first-order chi connectivity index (χ1) is 17.4. The second-order valence-corrected chi connectivity index (χ2v) is 9.45. The van der Waals surface area contributed by atoms with Gasteiger partial charge >= 0.3 is 0 Å². The zero-order valence-corrected chi connectivity index (χ0v) is 22.1. The van der Waals surface area contributed by atoms with Gasteiger partial charge in [-0.25, -0.2) is 0 Å². The van der Waals surface area contributed by atoms with Crippen molar-refractivity contribution in [2.75, 3.05) is 26.0 Å². The maximum absolute atomic E-state index is 6.17. The summed E-state index contributed by atoms with van der Waals surface area (Å²) in [4.78, 5) is 6.36. The molecule has 0 saturated heterocycles. The van der Waals surface area contributed by atoms with Gasteiger partial charge in [-0.15, -0.1) is 0 Å². The Morgan fingerprint density at radius 3 is 1.69 bits per heavy atom. The average Bonchev–Trinajstić information content (AvgIpc) is 2.90. The van der Waals surface area contributed by atoms with E-state index < -0.39 is 0 Å². The Hall–Kier alpha value is -3.59. The molecule has 0 amide bonds. The third-order valence-electron chi connectivity index (χ3n) is 5.97. The number of benzene rings is 3. The number of hydrogen-bond donors (Lipinski definition) is 0. The Bertz CT molecular complexity index is 1370. The number of anilines is 1. The van der Waals surface area contributed by atoms with E-state index in [0.717, 1.165) is 49.8 Å². The van der Waals surface area contributed by atoms with Gasteiger partial charge < -0.3 is 4.90 Å². The number of nitrogens with zero attached hydrogens (tertiary/aromatic N) is 2. The fourth-order valence-electron chi connectivity index (χ4n) is 3.95. The zero-order valence-electron chi connectivity index (χ0n) is 20.6. The molecule has 180 valence electrons. The molecule has 0 spiro atoms. The monoisotopic (exact) mass is 510 g/mol. The maximum Gasteiger partial charge on any atom is 0.0571 e. The Kier molecular flexibility index (Phi) is 8.43. The molecule has 3 aromatic carbocycles. The highest BCUT2D eigenvalue weighted by Gasteiger charge is 2.08. The molecule has 0 aliphatic heterocycles. The molecule has 0 saturated carbocycles. The van der Waals surface area contributed by atoms with Crippen LogP contribution >= 0.6 is 23.2 Å². The van der Waals surface area contributed by atoms with Gasteiger partial charge in [0.2, 0.25) is 0 Å². The van der Waals surface area contributed by atoms with Crippen molar-refractivity contribution in [3.05, 3.63) is 148 Å². The molecule has 0 atom stereocenters. The Morgan fingerprint density at radius 2 is 1.19 bits per heavy atom. The van der Waals surface area contributed by atoms with Gasteiger partial charge in [0.15, 0.2) is 0 Å². The molecule has 0 radical (unpaired) electrons. The number of aliphatic imine (C=N–C) groups is 1. The summed E-state index contributed by atoms with van der Waals surface area (Å²) in [6, 6.07) is 24.5. The highest BCUT2D eigenvalue weighted by atomic mass is 35.5. The predicted molar refractivity (Wildman–Crippen MR) is 158 cm³/mol. The minimum absolute atomic E-state index is 0.716. The quantitative estimate of drug-likeness (QED) is 0.302. The van der Waals surface area contributed by atoms with E-state index in [9.17, 15) is 0 Å². The summed E-state index contributed by atoms with van der Waals surface area (Å²) >= 11 is 12.3. The summed E-state index contributed by atoms with van der Waals surface area (Å²) in [6.45, 7) is 0. The van der Waals surface area contributed by atoms with E-state index >= 15 is 0 Å². The molecule has 0 aromatic heterocycles. The van der Waals surface area contributed by atoms with Crippen molar-refractivity contribution in [3.63, 3.8) is 0 Å². The van der Waals surface area contributed by atoms with Crippen LogP contribution in [-0.4, -0.2) is 26.9 Å². The molecule has 0 heterocycles. The molecule has 1 aliphatic rings. The van der Waals surface area contributed by atoms with E-state index in [-0.39, 0.29) is 0 Å². The number of allylic oxidation sites excluding steroid dienone is 9. The third kappa shape index (κ3) is 6.34. The third-order valence-corrected chi connectivity index (χ3v) is 6.47. The molecule has 3 aromatic rings. The molecule has 1 aliphatic carbocycles. The van der Waals surface area contributed by atoms with Crippen LogP contribution in [0.25, 0.3) is 11.1 Å². The van der Waals surface area contributed by atoms with E-state index in [4.69, 9.17) is 23.2 Å². The molecule has 0 fully saturated rings. The van der Waals surface area contributed by atoms with E-state index in [1.165, 1.54) is 0 Å². The van der Waals surface area contributed by atoms with E-state index in [1.54, 1.807) is 7.05 Å². The van der Waals surface area contributed by atoms with Crippen molar-refractivity contribution in [2.24, 2.45) is 4.99 Å². The van der Waals surface area contributed by atoms with E-state index in [2.05, 4.69) is 76.7 Å². The Labute approximate surface area is 223 Å². The number of rotatable bonds is 6. The van der Waals surface area contributed by atoms with Crippen LogP contribution in [0.15, 0.2) is 126 Å². The van der Waals surface area contributed by atoms with Crippen LogP contribution in [0.5, 0.6) is 0 Å². The largest absolute Gasteiger partial charge is 0.378 e.